The summed E-state index contributed by atoms with van der Waals surface area (Å²) in [5.41, 5.74) is 2.04. The smallest absolute Gasteiger partial charge is 0.0679 e. The zero-order valence-electron chi connectivity index (χ0n) is 10.9. The van der Waals surface area contributed by atoms with Crippen molar-refractivity contribution < 1.29 is 0 Å². The molecule has 4 heteroatoms. The molecule has 0 aliphatic rings. The summed E-state index contributed by atoms with van der Waals surface area (Å²) in [6, 6.07) is 3.93. The molecule has 1 aromatic carbocycles. The summed E-state index contributed by atoms with van der Waals surface area (Å²) in [7, 11) is 0. The van der Waals surface area contributed by atoms with Crippen LogP contribution in [-0.2, 0) is 0 Å². The molecule has 0 saturated carbocycles. The van der Waals surface area contributed by atoms with Gasteiger partial charge in [-0.25, -0.2) is 0 Å². The lowest BCUT2D eigenvalue weighted by atomic mass is 10.1. The van der Waals surface area contributed by atoms with Crippen molar-refractivity contribution in [1.29, 1.82) is 0 Å². The van der Waals surface area contributed by atoms with Gasteiger partial charge >= 0.3 is 0 Å². The summed E-state index contributed by atoms with van der Waals surface area (Å²) in [4.78, 5) is 0. The van der Waals surface area contributed by atoms with Crippen LogP contribution in [0.3, 0.4) is 0 Å². The standard InChI is InChI=1S/C14H18Cl3N/c1-4-10(8-18-9(2)3)7-11-12(15)5-6-13(16)14(11)17/h5-7,9,18H,4,8H2,1-3H3/b10-7-. The van der Waals surface area contributed by atoms with Crippen molar-refractivity contribution in [3.8, 4) is 0 Å². The van der Waals surface area contributed by atoms with Crippen molar-refractivity contribution in [3.05, 3.63) is 38.3 Å². The quantitative estimate of drug-likeness (QED) is 0.714. The first-order chi connectivity index (χ1) is 8.45. The predicted molar refractivity (Wildman–Crippen MR) is 82.9 cm³/mol. The van der Waals surface area contributed by atoms with Crippen molar-refractivity contribution in [3.63, 3.8) is 0 Å². The molecule has 0 spiro atoms. The molecule has 18 heavy (non-hydrogen) atoms. The van der Waals surface area contributed by atoms with Crippen LogP contribution < -0.4 is 5.32 Å². The van der Waals surface area contributed by atoms with Gasteiger partial charge in [0, 0.05) is 23.2 Å². The lowest BCUT2D eigenvalue weighted by molar-refractivity contribution is 0.617. The van der Waals surface area contributed by atoms with E-state index in [1.807, 2.05) is 6.08 Å². The van der Waals surface area contributed by atoms with Gasteiger partial charge in [0.1, 0.15) is 0 Å². The van der Waals surface area contributed by atoms with E-state index >= 15 is 0 Å². The van der Waals surface area contributed by atoms with Crippen LogP contribution >= 0.6 is 34.8 Å². The molecule has 0 amide bonds. The summed E-state index contributed by atoms with van der Waals surface area (Å²) in [6.45, 7) is 7.17. The molecular formula is C14H18Cl3N. The highest BCUT2D eigenvalue weighted by Crippen LogP contribution is 2.33. The number of rotatable bonds is 5. The zero-order chi connectivity index (χ0) is 13.7. The largest absolute Gasteiger partial charge is 0.311 e. The van der Waals surface area contributed by atoms with Gasteiger partial charge in [-0.1, -0.05) is 67.2 Å². The third-order valence-electron chi connectivity index (χ3n) is 2.62. The summed E-state index contributed by atoms with van der Waals surface area (Å²) >= 11 is 18.3. The average molecular weight is 307 g/mol. The first-order valence-corrected chi connectivity index (χ1v) is 7.15. The van der Waals surface area contributed by atoms with Gasteiger partial charge in [0.05, 0.1) is 10.0 Å². The molecule has 0 aliphatic carbocycles. The van der Waals surface area contributed by atoms with E-state index in [0.29, 0.717) is 21.1 Å². The van der Waals surface area contributed by atoms with E-state index in [-0.39, 0.29) is 0 Å². The maximum Gasteiger partial charge on any atom is 0.0679 e. The fraction of sp³-hybridized carbons (Fsp3) is 0.429. The second kappa shape index (κ2) is 7.40. The van der Waals surface area contributed by atoms with Crippen molar-refractivity contribution in [2.24, 2.45) is 0 Å². The van der Waals surface area contributed by atoms with Gasteiger partial charge in [-0.05, 0) is 18.6 Å². The normalized spacial score (nSPS) is 12.3. The van der Waals surface area contributed by atoms with Crippen molar-refractivity contribution in [2.75, 3.05) is 6.54 Å². The third-order valence-corrected chi connectivity index (χ3v) is 3.77. The minimum absolute atomic E-state index is 0.449. The highest BCUT2D eigenvalue weighted by atomic mass is 35.5. The van der Waals surface area contributed by atoms with E-state index in [1.165, 1.54) is 5.57 Å². The Morgan fingerprint density at radius 1 is 1.22 bits per heavy atom. The molecule has 100 valence electrons. The molecule has 0 bridgehead atoms. The molecule has 1 aromatic rings. The van der Waals surface area contributed by atoms with E-state index in [4.69, 9.17) is 34.8 Å². The molecule has 0 radical (unpaired) electrons. The van der Waals surface area contributed by atoms with Crippen molar-refractivity contribution >= 4 is 40.9 Å². The molecule has 0 aliphatic heterocycles. The van der Waals surface area contributed by atoms with E-state index < -0.39 is 0 Å². The predicted octanol–water partition coefficient (Wildman–Crippen LogP) is 5.44. The summed E-state index contributed by atoms with van der Waals surface area (Å²) in [5, 5.41) is 5.05. The van der Waals surface area contributed by atoms with E-state index in [0.717, 1.165) is 18.5 Å². The number of hydrogen-bond donors (Lipinski definition) is 1. The fourth-order valence-corrected chi connectivity index (χ4v) is 2.14. The van der Waals surface area contributed by atoms with Gasteiger partial charge in [-0.2, -0.15) is 0 Å². The Hall–Kier alpha value is -0.210. The minimum atomic E-state index is 0.449. The second-order valence-electron chi connectivity index (χ2n) is 4.45. The molecule has 0 fully saturated rings. The lowest BCUT2D eigenvalue weighted by Crippen LogP contribution is -2.24. The number of halogens is 3. The van der Waals surface area contributed by atoms with Gasteiger partial charge in [-0.3, -0.25) is 0 Å². The average Bonchev–Trinajstić information content (AvgIpc) is 2.33. The Balaban J connectivity index is 3.01. The van der Waals surface area contributed by atoms with Crippen LogP contribution in [0.2, 0.25) is 15.1 Å². The number of benzene rings is 1. The van der Waals surface area contributed by atoms with E-state index in [1.54, 1.807) is 12.1 Å². The summed E-state index contributed by atoms with van der Waals surface area (Å²) in [6.07, 6.45) is 2.96. The summed E-state index contributed by atoms with van der Waals surface area (Å²) < 4.78 is 0. The number of nitrogens with one attached hydrogen (secondary N) is 1. The molecular weight excluding hydrogens is 289 g/mol. The molecule has 1 N–H and O–H groups in total. The van der Waals surface area contributed by atoms with E-state index in [2.05, 4.69) is 26.1 Å². The highest BCUT2D eigenvalue weighted by Gasteiger charge is 2.08. The maximum absolute atomic E-state index is 6.18. The van der Waals surface area contributed by atoms with E-state index in [9.17, 15) is 0 Å². The topological polar surface area (TPSA) is 12.0 Å². The maximum atomic E-state index is 6.18. The minimum Gasteiger partial charge on any atom is -0.311 e. The third kappa shape index (κ3) is 4.47. The summed E-state index contributed by atoms with van der Waals surface area (Å²) in [5.74, 6) is 0. The Kier molecular flexibility index (Phi) is 6.51. The van der Waals surface area contributed by atoms with Gasteiger partial charge in [0.25, 0.3) is 0 Å². The van der Waals surface area contributed by atoms with Crippen LogP contribution in [0, 0.1) is 0 Å². The van der Waals surface area contributed by atoms with Gasteiger partial charge in [-0.15, -0.1) is 0 Å². The second-order valence-corrected chi connectivity index (χ2v) is 5.64. The van der Waals surface area contributed by atoms with Crippen molar-refractivity contribution in [1.82, 2.24) is 5.32 Å². The Bertz CT molecular complexity index is 439. The molecule has 0 saturated heterocycles. The van der Waals surface area contributed by atoms with Crippen LogP contribution in [0.1, 0.15) is 32.8 Å². The zero-order valence-corrected chi connectivity index (χ0v) is 13.1. The van der Waals surface area contributed by atoms with Crippen LogP contribution in [-0.4, -0.2) is 12.6 Å². The molecule has 0 aromatic heterocycles. The first kappa shape index (κ1) is 15.8. The molecule has 1 nitrogen and oxygen atoms in total. The Morgan fingerprint density at radius 2 is 1.83 bits per heavy atom. The van der Waals surface area contributed by atoms with Crippen molar-refractivity contribution in [2.45, 2.75) is 33.2 Å². The molecule has 0 atom stereocenters. The molecule has 1 rings (SSSR count). The SMILES string of the molecule is CC/C(=C/c1c(Cl)ccc(Cl)c1Cl)CNC(C)C. The van der Waals surface area contributed by atoms with Crippen LogP contribution in [0.25, 0.3) is 6.08 Å². The van der Waals surface area contributed by atoms with Gasteiger partial charge in [0.15, 0.2) is 0 Å². The van der Waals surface area contributed by atoms with Crippen LogP contribution in [0.5, 0.6) is 0 Å². The fourth-order valence-electron chi connectivity index (χ4n) is 1.49. The highest BCUT2D eigenvalue weighted by molar-refractivity contribution is 6.44. The lowest BCUT2D eigenvalue weighted by Gasteiger charge is -2.11. The molecule has 0 heterocycles. The monoisotopic (exact) mass is 305 g/mol. The molecule has 0 unspecified atom stereocenters. The Labute approximate surface area is 124 Å². The van der Waals surface area contributed by atoms with Crippen LogP contribution in [0.4, 0.5) is 0 Å². The van der Waals surface area contributed by atoms with Gasteiger partial charge in [0.2, 0.25) is 0 Å². The number of hydrogen-bond acceptors (Lipinski definition) is 1. The first-order valence-electron chi connectivity index (χ1n) is 6.02. The Morgan fingerprint density at radius 3 is 2.39 bits per heavy atom. The van der Waals surface area contributed by atoms with Gasteiger partial charge < -0.3 is 5.32 Å². The van der Waals surface area contributed by atoms with Crippen LogP contribution in [0.15, 0.2) is 17.7 Å².